The second-order valence-corrected chi connectivity index (χ2v) is 12.2. The van der Waals surface area contributed by atoms with Crippen LogP contribution in [0.1, 0.15) is 59.9 Å². The molecular formula is C38H31N3. The zero-order valence-corrected chi connectivity index (χ0v) is 23.0. The van der Waals surface area contributed by atoms with Crippen molar-refractivity contribution in [3.05, 3.63) is 132 Å². The van der Waals surface area contributed by atoms with Crippen molar-refractivity contribution in [3.63, 3.8) is 0 Å². The Morgan fingerprint density at radius 3 is 2.46 bits per heavy atom. The van der Waals surface area contributed by atoms with E-state index in [4.69, 9.17) is 4.98 Å². The van der Waals surface area contributed by atoms with Crippen molar-refractivity contribution in [1.82, 2.24) is 14.0 Å². The molecule has 2 bridgehead atoms. The van der Waals surface area contributed by atoms with E-state index in [0.29, 0.717) is 11.8 Å². The smallest absolute Gasteiger partial charge is 0.137 e. The average molecular weight is 530 g/mol. The van der Waals surface area contributed by atoms with Gasteiger partial charge in [0, 0.05) is 28.9 Å². The van der Waals surface area contributed by atoms with Crippen LogP contribution in [0.15, 0.2) is 97.3 Å². The van der Waals surface area contributed by atoms with E-state index in [9.17, 15) is 0 Å². The summed E-state index contributed by atoms with van der Waals surface area (Å²) < 4.78 is 4.47. The van der Waals surface area contributed by atoms with E-state index in [2.05, 4.69) is 112 Å². The molecule has 3 nitrogen and oxygen atoms in total. The molecule has 0 radical (unpaired) electrons. The summed E-state index contributed by atoms with van der Waals surface area (Å²) in [5, 5.41) is 1.37. The second kappa shape index (κ2) is 8.98. The number of fused-ring (bicyclic) bond motifs is 6. The second-order valence-electron chi connectivity index (χ2n) is 12.2. The van der Waals surface area contributed by atoms with Gasteiger partial charge in [-0.25, -0.2) is 4.98 Å². The van der Waals surface area contributed by atoms with E-state index in [1.165, 1.54) is 58.1 Å². The Hall–Kier alpha value is -4.55. The third kappa shape index (κ3) is 3.64. The Balaban J connectivity index is 0.941. The summed E-state index contributed by atoms with van der Waals surface area (Å²) in [6, 6.07) is 36.0. The van der Waals surface area contributed by atoms with Crippen LogP contribution in [-0.4, -0.2) is 14.0 Å². The van der Waals surface area contributed by atoms with Crippen LogP contribution in [0.5, 0.6) is 0 Å². The fraction of sp³-hybridized carbons (Fsp3) is 0.237. The maximum absolute atomic E-state index is 4.80. The highest BCUT2D eigenvalue weighted by Crippen LogP contribution is 2.58. The molecule has 0 N–H and O–H groups in total. The molecule has 198 valence electrons. The Morgan fingerprint density at radius 1 is 0.780 bits per heavy atom. The van der Waals surface area contributed by atoms with Crippen LogP contribution in [-0.2, 0) is 6.42 Å². The van der Waals surface area contributed by atoms with E-state index in [1.54, 1.807) is 0 Å². The van der Waals surface area contributed by atoms with Crippen LogP contribution in [0.25, 0.3) is 39.6 Å². The molecule has 9 rings (SSSR count). The van der Waals surface area contributed by atoms with Gasteiger partial charge in [0.25, 0.3) is 0 Å². The lowest BCUT2D eigenvalue weighted by molar-refractivity contribution is 0.376. The predicted molar refractivity (Wildman–Crippen MR) is 165 cm³/mol. The summed E-state index contributed by atoms with van der Waals surface area (Å²) in [5.74, 6) is 2.76. The molecule has 0 amide bonds. The molecule has 3 heterocycles. The van der Waals surface area contributed by atoms with Gasteiger partial charge >= 0.3 is 0 Å². The number of imidazole rings is 1. The summed E-state index contributed by atoms with van der Waals surface area (Å²) in [4.78, 5) is 4.80. The summed E-state index contributed by atoms with van der Waals surface area (Å²) in [6.45, 7) is 0. The lowest BCUT2D eigenvalue weighted by atomic mass is 9.76. The number of allylic oxidation sites excluding steroid dienone is 1. The van der Waals surface area contributed by atoms with E-state index in [1.807, 2.05) is 12.1 Å². The van der Waals surface area contributed by atoms with Gasteiger partial charge in [-0.1, -0.05) is 60.7 Å². The van der Waals surface area contributed by atoms with Crippen LogP contribution >= 0.6 is 0 Å². The van der Waals surface area contributed by atoms with Crippen molar-refractivity contribution < 1.29 is 0 Å². The van der Waals surface area contributed by atoms with E-state index >= 15 is 0 Å². The van der Waals surface area contributed by atoms with Gasteiger partial charge in [-0.2, -0.15) is 0 Å². The molecule has 41 heavy (non-hydrogen) atoms. The van der Waals surface area contributed by atoms with Crippen molar-refractivity contribution in [1.29, 1.82) is 0 Å². The number of para-hydroxylation sites is 1. The topological polar surface area (TPSA) is 22.2 Å². The van der Waals surface area contributed by atoms with Crippen molar-refractivity contribution in [2.45, 2.75) is 43.9 Å². The number of hydrogen-bond donors (Lipinski definition) is 0. The highest BCUT2D eigenvalue weighted by Gasteiger charge is 2.46. The molecule has 3 aromatic carbocycles. The number of aromatic nitrogens is 3. The lowest BCUT2D eigenvalue weighted by Crippen LogP contribution is -2.15. The zero-order valence-electron chi connectivity index (χ0n) is 23.0. The van der Waals surface area contributed by atoms with Crippen LogP contribution in [0.4, 0.5) is 0 Å². The van der Waals surface area contributed by atoms with Crippen LogP contribution in [0.3, 0.4) is 0 Å². The summed E-state index contributed by atoms with van der Waals surface area (Å²) in [5.41, 5.74) is 11.2. The Kier molecular flexibility index (Phi) is 5.08. The molecule has 2 saturated carbocycles. The number of pyridine rings is 1. The quantitative estimate of drug-likeness (QED) is 0.224. The minimum Gasteiger partial charge on any atom is -0.306 e. The maximum atomic E-state index is 4.80. The van der Waals surface area contributed by atoms with Crippen molar-refractivity contribution in [2.75, 3.05) is 0 Å². The monoisotopic (exact) mass is 529 g/mol. The fourth-order valence-electron chi connectivity index (χ4n) is 8.22. The largest absolute Gasteiger partial charge is 0.306 e. The minimum absolute atomic E-state index is 0.606. The summed E-state index contributed by atoms with van der Waals surface area (Å²) in [7, 11) is 0. The average Bonchev–Trinajstić information content (AvgIpc) is 3.82. The first-order chi connectivity index (χ1) is 20.3. The van der Waals surface area contributed by atoms with Gasteiger partial charge in [0.1, 0.15) is 5.65 Å². The van der Waals surface area contributed by atoms with Gasteiger partial charge in [0.2, 0.25) is 0 Å². The van der Waals surface area contributed by atoms with Crippen LogP contribution < -0.4 is 0 Å². The highest BCUT2D eigenvalue weighted by atomic mass is 15.0. The molecule has 4 atom stereocenters. The molecule has 0 aliphatic heterocycles. The first-order valence-electron chi connectivity index (χ1n) is 15.1. The Labute approximate surface area is 240 Å². The standard InChI is InChI=1S/C38H31N3/c1-3-9-36-31(7-1)32-8-2-4-10-37(32)41(36)30-18-16-26(17-19-30)34-23-28-21-29(34)22-33(28)25-12-14-27(15-13-25)35-24-40-20-6-5-11-38(40)39-35/h1,3-7,9-16,18,20,24,28-29,33-34H,2,8,21-23H2. The molecule has 3 aromatic heterocycles. The van der Waals surface area contributed by atoms with E-state index in [0.717, 1.165) is 41.7 Å². The molecule has 3 aliphatic rings. The molecule has 6 aromatic rings. The predicted octanol–water partition coefficient (Wildman–Crippen LogP) is 8.80. The van der Waals surface area contributed by atoms with E-state index in [-0.39, 0.29) is 0 Å². The maximum Gasteiger partial charge on any atom is 0.137 e. The molecule has 0 saturated heterocycles. The van der Waals surface area contributed by atoms with E-state index < -0.39 is 0 Å². The van der Waals surface area contributed by atoms with Gasteiger partial charge in [-0.3, -0.25) is 0 Å². The molecule has 0 spiro atoms. The lowest BCUT2D eigenvalue weighted by Gasteiger charge is -2.28. The van der Waals surface area contributed by atoms with Crippen LogP contribution in [0.2, 0.25) is 0 Å². The number of benzene rings is 2. The fourth-order valence-corrected chi connectivity index (χ4v) is 8.22. The zero-order chi connectivity index (χ0) is 26.9. The third-order valence-corrected chi connectivity index (χ3v) is 10.1. The van der Waals surface area contributed by atoms with Gasteiger partial charge < -0.3 is 8.97 Å². The van der Waals surface area contributed by atoms with Crippen LogP contribution in [0, 0.1) is 24.0 Å². The van der Waals surface area contributed by atoms with Gasteiger partial charge in [0.05, 0.1) is 22.6 Å². The molecular weight excluding hydrogens is 498 g/mol. The summed E-state index contributed by atoms with van der Waals surface area (Å²) in [6.07, 6.45) is 14.9. The Morgan fingerprint density at radius 2 is 1.63 bits per heavy atom. The minimum atomic E-state index is 0.606. The summed E-state index contributed by atoms with van der Waals surface area (Å²) >= 11 is 0. The number of nitrogens with zero attached hydrogens (tertiary/aromatic N) is 3. The van der Waals surface area contributed by atoms with Crippen molar-refractivity contribution in [2.24, 2.45) is 11.8 Å². The first-order valence-corrected chi connectivity index (χ1v) is 15.1. The molecule has 2 fully saturated rings. The highest BCUT2D eigenvalue weighted by molar-refractivity contribution is 5.90. The number of hydrogen-bond acceptors (Lipinski definition) is 1. The van der Waals surface area contributed by atoms with Gasteiger partial charge in [0.15, 0.2) is 0 Å². The van der Waals surface area contributed by atoms with Gasteiger partial charge in [-0.15, -0.1) is 0 Å². The first kappa shape index (κ1) is 23.2. The third-order valence-electron chi connectivity index (χ3n) is 10.1. The molecule has 4 unspecified atom stereocenters. The number of aryl methyl sites for hydroxylation is 1. The normalized spacial score (nSPS) is 22.8. The molecule has 3 aliphatic carbocycles. The van der Waals surface area contributed by atoms with Crippen molar-refractivity contribution in [3.8, 4) is 16.9 Å². The SMILES string of the molecule is c1c(C2CC3CC2CC3c2ccc(-c3cn4ccccc4n3)cc2)ccc(-n2c3c(c4ccccc42)CCC=C3)c#1. The van der Waals surface area contributed by atoms with Gasteiger partial charge in [-0.05, 0) is 109 Å². The molecule has 3 heteroatoms. The number of rotatable bonds is 4. The Bertz CT molecular complexity index is 1900. The van der Waals surface area contributed by atoms with Crippen molar-refractivity contribution >= 4 is 22.6 Å².